The molecular formula is C23H27NO5. The Bertz CT molecular complexity index is 879. The van der Waals surface area contributed by atoms with E-state index in [2.05, 4.69) is 4.99 Å². The summed E-state index contributed by atoms with van der Waals surface area (Å²) in [6.45, 7) is 6.09. The summed E-state index contributed by atoms with van der Waals surface area (Å²) >= 11 is 0. The number of allylic oxidation sites excluding steroid dienone is 2. The molecule has 0 aromatic heterocycles. The maximum atomic E-state index is 13.0. The van der Waals surface area contributed by atoms with Gasteiger partial charge in [0.1, 0.15) is 5.92 Å². The summed E-state index contributed by atoms with van der Waals surface area (Å²) in [7, 11) is 1.33. The van der Waals surface area contributed by atoms with Crippen molar-refractivity contribution in [3.05, 3.63) is 46.7 Å². The Labute approximate surface area is 171 Å². The fourth-order valence-corrected chi connectivity index (χ4v) is 3.95. The number of rotatable bonds is 5. The van der Waals surface area contributed by atoms with Crippen LogP contribution in [0.1, 0.15) is 61.9 Å². The second kappa shape index (κ2) is 8.72. The Morgan fingerprint density at radius 3 is 2.48 bits per heavy atom. The van der Waals surface area contributed by atoms with E-state index in [-0.39, 0.29) is 17.7 Å². The highest BCUT2D eigenvalue weighted by atomic mass is 16.5. The number of Topliss-reactive ketones (excluding diaryl/α,β-unsaturated/α-hetero) is 1. The van der Waals surface area contributed by atoms with Crippen LogP contribution in [0.5, 0.6) is 0 Å². The molecule has 0 amide bonds. The summed E-state index contributed by atoms with van der Waals surface area (Å²) in [6, 6.07) is 6.88. The average molecular weight is 397 g/mol. The van der Waals surface area contributed by atoms with Gasteiger partial charge in [-0.2, -0.15) is 0 Å². The first-order valence-corrected chi connectivity index (χ1v) is 9.99. The third kappa shape index (κ3) is 4.31. The fraction of sp³-hybridized carbons (Fsp3) is 0.478. The number of carbonyl (C=O) groups is 3. The minimum atomic E-state index is -0.654. The van der Waals surface area contributed by atoms with Crippen LogP contribution >= 0.6 is 0 Å². The van der Waals surface area contributed by atoms with Gasteiger partial charge < -0.3 is 9.47 Å². The van der Waals surface area contributed by atoms with Crippen LogP contribution in [0, 0.1) is 11.8 Å². The normalized spacial score (nSPS) is 21.6. The maximum absolute atomic E-state index is 13.0. The van der Waals surface area contributed by atoms with Crippen molar-refractivity contribution < 1.29 is 23.9 Å². The first kappa shape index (κ1) is 21.0. The lowest BCUT2D eigenvalue weighted by Gasteiger charge is -2.34. The molecule has 0 bridgehead atoms. The first-order valence-electron chi connectivity index (χ1n) is 9.99. The Balaban J connectivity index is 2.04. The van der Waals surface area contributed by atoms with Gasteiger partial charge in [0.2, 0.25) is 0 Å². The van der Waals surface area contributed by atoms with Crippen molar-refractivity contribution in [2.24, 2.45) is 16.8 Å². The molecule has 2 atom stereocenters. The molecule has 3 rings (SSSR count). The molecule has 1 heterocycles. The summed E-state index contributed by atoms with van der Waals surface area (Å²) in [5, 5.41) is 0. The summed E-state index contributed by atoms with van der Waals surface area (Å²) < 4.78 is 10.3. The SMILES string of the molecule is COC(=O)c1ccc([C@@H]2C3=C(CCCC3=O)N=C(C)C2C(=O)OCC(C)C)cc1. The van der Waals surface area contributed by atoms with Crippen molar-refractivity contribution in [3.8, 4) is 0 Å². The number of aliphatic imine (C=N–C) groups is 1. The lowest BCUT2D eigenvalue weighted by molar-refractivity contribution is -0.147. The van der Waals surface area contributed by atoms with Crippen molar-refractivity contribution in [3.63, 3.8) is 0 Å². The van der Waals surface area contributed by atoms with Gasteiger partial charge in [-0.1, -0.05) is 26.0 Å². The first-order chi connectivity index (χ1) is 13.8. The Morgan fingerprint density at radius 2 is 1.86 bits per heavy atom. The molecule has 0 fully saturated rings. The third-order valence-electron chi connectivity index (χ3n) is 5.34. The van der Waals surface area contributed by atoms with Crippen LogP contribution in [-0.4, -0.2) is 37.2 Å². The Morgan fingerprint density at radius 1 is 1.17 bits per heavy atom. The van der Waals surface area contributed by atoms with E-state index in [9.17, 15) is 14.4 Å². The summed E-state index contributed by atoms with van der Waals surface area (Å²) in [5.74, 6) is -1.67. The van der Waals surface area contributed by atoms with Gasteiger partial charge in [-0.25, -0.2) is 4.79 Å². The quantitative estimate of drug-likeness (QED) is 0.705. The molecule has 1 aromatic rings. The van der Waals surface area contributed by atoms with Crippen molar-refractivity contribution >= 4 is 23.4 Å². The molecule has 29 heavy (non-hydrogen) atoms. The van der Waals surface area contributed by atoms with E-state index in [0.29, 0.717) is 29.9 Å². The van der Waals surface area contributed by atoms with E-state index in [4.69, 9.17) is 9.47 Å². The van der Waals surface area contributed by atoms with Gasteiger partial charge in [0.05, 0.1) is 19.3 Å². The topological polar surface area (TPSA) is 82.0 Å². The zero-order chi connectivity index (χ0) is 21.1. The van der Waals surface area contributed by atoms with Gasteiger partial charge in [-0.3, -0.25) is 14.6 Å². The zero-order valence-electron chi connectivity index (χ0n) is 17.4. The number of ketones is 1. The van der Waals surface area contributed by atoms with E-state index >= 15 is 0 Å². The van der Waals surface area contributed by atoms with E-state index in [0.717, 1.165) is 24.1 Å². The second-order valence-corrected chi connectivity index (χ2v) is 7.98. The Kier molecular flexibility index (Phi) is 6.30. The van der Waals surface area contributed by atoms with Crippen molar-refractivity contribution in [1.29, 1.82) is 0 Å². The summed E-state index contributed by atoms with van der Waals surface area (Å²) in [6.07, 6.45) is 1.95. The van der Waals surface area contributed by atoms with Gasteiger partial charge >= 0.3 is 11.9 Å². The fourth-order valence-electron chi connectivity index (χ4n) is 3.95. The molecule has 1 aromatic carbocycles. The predicted octanol–water partition coefficient (Wildman–Crippen LogP) is 3.85. The van der Waals surface area contributed by atoms with Gasteiger partial charge in [0.25, 0.3) is 0 Å². The van der Waals surface area contributed by atoms with Crippen molar-refractivity contribution in [2.75, 3.05) is 13.7 Å². The van der Waals surface area contributed by atoms with Gasteiger partial charge in [-0.15, -0.1) is 0 Å². The zero-order valence-corrected chi connectivity index (χ0v) is 17.4. The molecule has 6 nitrogen and oxygen atoms in total. The monoisotopic (exact) mass is 397 g/mol. The number of benzene rings is 1. The number of esters is 2. The second-order valence-electron chi connectivity index (χ2n) is 7.98. The molecule has 0 saturated carbocycles. The lowest BCUT2D eigenvalue weighted by atomic mass is 9.71. The van der Waals surface area contributed by atoms with Crippen LogP contribution in [0.25, 0.3) is 0 Å². The number of nitrogens with zero attached hydrogens (tertiary/aromatic N) is 1. The van der Waals surface area contributed by atoms with Crippen LogP contribution in [0.4, 0.5) is 0 Å². The summed E-state index contributed by atoms with van der Waals surface area (Å²) in [5.41, 5.74) is 3.25. The van der Waals surface area contributed by atoms with Gasteiger partial charge in [-0.05, 0) is 43.4 Å². The van der Waals surface area contributed by atoms with E-state index in [1.807, 2.05) is 20.8 Å². The van der Waals surface area contributed by atoms with E-state index in [1.165, 1.54) is 7.11 Å². The third-order valence-corrected chi connectivity index (χ3v) is 5.34. The number of ether oxygens (including phenoxy) is 2. The minimum absolute atomic E-state index is 0.0335. The van der Waals surface area contributed by atoms with Crippen LogP contribution in [0.3, 0.4) is 0 Å². The Hall–Kier alpha value is -2.76. The van der Waals surface area contributed by atoms with E-state index < -0.39 is 17.8 Å². The number of methoxy groups -OCH3 is 1. The molecule has 1 unspecified atom stereocenters. The van der Waals surface area contributed by atoms with Gasteiger partial charge in [0.15, 0.2) is 5.78 Å². The molecule has 6 heteroatoms. The largest absolute Gasteiger partial charge is 0.465 e. The van der Waals surface area contributed by atoms with Crippen LogP contribution < -0.4 is 0 Å². The maximum Gasteiger partial charge on any atom is 0.337 e. The molecule has 0 spiro atoms. The van der Waals surface area contributed by atoms with Crippen LogP contribution in [-0.2, 0) is 19.1 Å². The molecule has 1 aliphatic carbocycles. The molecule has 0 N–H and O–H groups in total. The van der Waals surface area contributed by atoms with Crippen LogP contribution in [0.2, 0.25) is 0 Å². The lowest BCUT2D eigenvalue weighted by Crippen LogP contribution is -2.37. The van der Waals surface area contributed by atoms with Crippen LogP contribution in [0.15, 0.2) is 40.5 Å². The number of hydrogen-bond donors (Lipinski definition) is 0. The number of hydrogen-bond acceptors (Lipinski definition) is 6. The molecular weight excluding hydrogens is 370 g/mol. The minimum Gasteiger partial charge on any atom is -0.465 e. The molecule has 154 valence electrons. The molecule has 1 aliphatic heterocycles. The van der Waals surface area contributed by atoms with Gasteiger partial charge in [0, 0.05) is 29.3 Å². The highest BCUT2D eigenvalue weighted by molar-refractivity contribution is 6.08. The smallest absolute Gasteiger partial charge is 0.337 e. The standard InChI is InChI=1S/C23H27NO5/c1-13(2)12-29-23(27)19-14(3)24-17-6-5-7-18(25)21(17)20(19)15-8-10-16(11-9-15)22(26)28-4/h8-11,13,19-20H,5-7,12H2,1-4H3/t19?,20-/m0/s1. The summed E-state index contributed by atoms with van der Waals surface area (Å²) in [4.78, 5) is 42.2. The van der Waals surface area contributed by atoms with Crippen molar-refractivity contribution in [1.82, 2.24) is 0 Å². The number of carbonyl (C=O) groups excluding carboxylic acids is 3. The molecule has 2 aliphatic rings. The highest BCUT2D eigenvalue weighted by Gasteiger charge is 2.43. The van der Waals surface area contributed by atoms with E-state index in [1.54, 1.807) is 24.3 Å². The highest BCUT2D eigenvalue weighted by Crippen LogP contribution is 2.43. The molecule has 0 saturated heterocycles. The average Bonchev–Trinajstić information content (AvgIpc) is 2.70. The molecule has 0 radical (unpaired) electrons. The van der Waals surface area contributed by atoms with Crippen molar-refractivity contribution in [2.45, 2.75) is 46.0 Å². The predicted molar refractivity (Wildman–Crippen MR) is 109 cm³/mol.